The van der Waals surface area contributed by atoms with Crippen LogP contribution in [0.5, 0.6) is 0 Å². The maximum Gasteiger partial charge on any atom is -0.0257 e. The molecule has 0 aliphatic heterocycles. The molecule has 0 unspecified atom stereocenters. The van der Waals surface area contributed by atoms with Gasteiger partial charge >= 0.3 is 0 Å². The van der Waals surface area contributed by atoms with Crippen molar-refractivity contribution in [3.63, 3.8) is 0 Å². The van der Waals surface area contributed by atoms with E-state index in [2.05, 4.69) is 18.2 Å². The third-order valence-corrected chi connectivity index (χ3v) is 1.17. The molecular weight excluding hydrogens is 108 g/mol. The van der Waals surface area contributed by atoms with Crippen molar-refractivity contribution in [2.24, 2.45) is 0 Å². The number of hydrogen-bond acceptors (Lipinski definition) is 0. The van der Waals surface area contributed by atoms with Crippen molar-refractivity contribution in [1.82, 2.24) is 0 Å². The molecule has 9 heavy (non-hydrogen) atoms. The molecule has 0 saturated carbocycles. The van der Waals surface area contributed by atoms with E-state index in [1.807, 2.05) is 31.2 Å². The molecule has 0 fully saturated rings. The first kappa shape index (κ1) is 6.09. The summed E-state index contributed by atoms with van der Waals surface area (Å²) in [4.78, 5) is 0. The standard InChI is InChI=1S/C9H10/c1-2-3-6-9-7-4-5-8-9/h2-8H,1H3/b3-2-. The summed E-state index contributed by atoms with van der Waals surface area (Å²) in [5.41, 5.74) is 1.27. The van der Waals surface area contributed by atoms with Crippen LogP contribution >= 0.6 is 0 Å². The molecule has 0 saturated heterocycles. The third-order valence-electron chi connectivity index (χ3n) is 1.17. The Labute approximate surface area is 55.9 Å². The van der Waals surface area contributed by atoms with Gasteiger partial charge in [-0.05, 0) is 12.5 Å². The monoisotopic (exact) mass is 118 g/mol. The summed E-state index contributed by atoms with van der Waals surface area (Å²) in [7, 11) is 0. The molecule has 0 amide bonds. The molecule has 0 heteroatoms. The molecule has 0 heterocycles. The molecular formula is C9H10. The van der Waals surface area contributed by atoms with E-state index in [9.17, 15) is 0 Å². The number of rotatable bonds is 1. The van der Waals surface area contributed by atoms with Gasteiger partial charge in [0.2, 0.25) is 0 Å². The summed E-state index contributed by atoms with van der Waals surface area (Å²) in [6.45, 7) is 2.01. The van der Waals surface area contributed by atoms with Crippen LogP contribution in [-0.2, 0) is 0 Å². The van der Waals surface area contributed by atoms with Gasteiger partial charge in [-0.25, -0.2) is 0 Å². The molecule has 1 rings (SSSR count). The zero-order valence-electron chi connectivity index (χ0n) is 5.54. The fraction of sp³-hybridized carbons (Fsp3) is 0.111. The summed E-state index contributed by atoms with van der Waals surface area (Å²) in [6, 6.07) is 0. The highest BCUT2D eigenvalue weighted by atomic mass is 13.9. The molecule has 1 aliphatic rings. The third kappa shape index (κ3) is 1.73. The second kappa shape index (κ2) is 3.08. The molecule has 0 atom stereocenters. The van der Waals surface area contributed by atoms with Crippen LogP contribution in [0.4, 0.5) is 0 Å². The second-order valence-electron chi connectivity index (χ2n) is 1.91. The fourth-order valence-corrected chi connectivity index (χ4v) is 0.707. The average molecular weight is 118 g/mol. The lowest BCUT2D eigenvalue weighted by molar-refractivity contribution is 1.69. The topological polar surface area (TPSA) is 0 Å². The van der Waals surface area contributed by atoms with E-state index < -0.39 is 0 Å². The summed E-state index contributed by atoms with van der Waals surface area (Å²) in [5.74, 6) is 0. The van der Waals surface area contributed by atoms with Crippen LogP contribution in [0.1, 0.15) is 6.92 Å². The van der Waals surface area contributed by atoms with Gasteiger partial charge in [0.05, 0.1) is 0 Å². The molecule has 0 nitrogen and oxygen atoms in total. The minimum Gasteiger partial charge on any atom is -0.0876 e. The van der Waals surface area contributed by atoms with Gasteiger partial charge in [0, 0.05) is 0 Å². The Morgan fingerprint density at radius 1 is 1.22 bits per heavy atom. The smallest absolute Gasteiger partial charge is 0.0257 e. The molecule has 0 aromatic heterocycles. The van der Waals surface area contributed by atoms with E-state index in [0.717, 1.165) is 0 Å². The van der Waals surface area contributed by atoms with E-state index in [0.29, 0.717) is 0 Å². The van der Waals surface area contributed by atoms with Crippen molar-refractivity contribution in [3.8, 4) is 0 Å². The summed E-state index contributed by atoms with van der Waals surface area (Å²) < 4.78 is 0. The van der Waals surface area contributed by atoms with Crippen molar-refractivity contribution >= 4 is 0 Å². The van der Waals surface area contributed by atoms with Crippen molar-refractivity contribution < 1.29 is 0 Å². The molecule has 0 aromatic rings. The molecule has 0 radical (unpaired) electrons. The Kier molecular flexibility index (Phi) is 2.08. The molecule has 0 bridgehead atoms. The first-order chi connectivity index (χ1) is 4.43. The lowest BCUT2D eigenvalue weighted by Crippen LogP contribution is -1.60. The van der Waals surface area contributed by atoms with E-state index in [1.165, 1.54) is 5.57 Å². The highest BCUT2D eigenvalue weighted by molar-refractivity contribution is 5.41. The van der Waals surface area contributed by atoms with E-state index in [1.54, 1.807) is 0 Å². The number of hydrogen-bond donors (Lipinski definition) is 0. The fourth-order valence-electron chi connectivity index (χ4n) is 0.707. The average Bonchev–Trinajstić information content (AvgIpc) is 2.34. The Bertz CT molecular complexity index is 176. The summed E-state index contributed by atoms with van der Waals surface area (Å²) in [5, 5.41) is 0. The van der Waals surface area contributed by atoms with Crippen LogP contribution in [0, 0.1) is 0 Å². The zero-order valence-corrected chi connectivity index (χ0v) is 5.54. The molecule has 46 valence electrons. The highest BCUT2D eigenvalue weighted by Crippen LogP contribution is 2.06. The van der Waals surface area contributed by atoms with E-state index in [-0.39, 0.29) is 0 Å². The molecule has 1 aliphatic carbocycles. The SMILES string of the molecule is C/C=C\C=C1C=CC=C1. The van der Waals surface area contributed by atoms with Crippen LogP contribution < -0.4 is 0 Å². The molecule has 0 aromatic carbocycles. The van der Waals surface area contributed by atoms with Crippen LogP contribution in [0.15, 0.2) is 48.1 Å². The maximum atomic E-state index is 2.08. The predicted octanol–water partition coefficient (Wildman–Crippen LogP) is 2.61. The normalized spacial score (nSPS) is 15.9. The Balaban J connectivity index is 2.62. The summed E-state index contributed by atoms with van der Waals surface area (Å²) >= 11 is 0. The van der Waals surface area contributed by atoms with Crippen molar-refractivity contribution in [3.05, 3.63) is 48.1 Å². The van der Waals surface area contributed by atoms with Crippen molar-refractivity contribution in [2.75, 3.05) is 0 Å². The minimum atomic E-state index is 1.27. The predicted molar refractivity (Wildman–Crippen MR) is 41.2 cm³/mol. The highest BCUT2D eigenvalue weighted by Gasteiger charge is 1.85. The largest absolute Gasteiger partial charge is 0.0876 e. The van der Waals surface area contributed by atoms with Gasteiger partial charge in [0.1, 0.15) is 0 Å². The van der Waals surface area contributed by atoms with Gasteiger partial charge < -0.3 is 0 Å². The van der Waals surface area contributed by atoms with Crippen molar-refractivity contribution in [1.29, 1.82) is 0 Å². The first-order valence-corrected chi connectivity index (χ1v) is 3.11. The lowest BCUT2D eigenvalue weighted by Gasteiger charge is -1.81. The van der Waals surface area contributed by atoms with Gasteiger partial charge in [-0.3, -0.25) is 0 Å². The molecule has 0 N–H and O–H groups in total. The van der Waals surface area contributed by atoms with Crippen LogP contribution in [0.3, 0.4) is 0 Å². The first-order valence-electron chi connectivity index (χ1n) is 3.11. The quantitative estimate of drug-likeness (QED) is 0.496. The number of allylic oxidation sites excluding steroid dienone is 8. The van der Waals surface area contributed by atoms with Crippen LogP contribution in [0.25, 0.3) is 0 Å². The van der Waals surface area contributed by atoms with Crippen LogP contribution in [0.2, 0.25) is 0 Å². The maximum absolute atomic E-state index is 2.08. The van der Waals surface area contributed by atoms with Gasteiger partial charge in [0.25, 0.3) is 0 Å². The minimum absolute atomic E-state index is 1.27. The Morgan fingerprint density at radius 2 is 1.89 bits per heavy atom. The van der Waals surface area contributed by atoms with Crippen LogP contribution in [-0.4, -0.2) is 0 Å². The Hall–Kier alpha value is -1.04. The van der Waals surface area contributed by atoms with Gasteiger partial charge in [-0.2, -0.15) is 0 Å². The van der Waals surface area contributed by atoms with Crippen molar-refractivity contribution in [2.45, 2.75) is 6.92 Å². The molecule has 0 spiro atoms. The van der Waals surface area contributed by atoms with Gasteiger partial charge in [-0.1, -0.05) is 42.5 Å². The zero-order chi connectivity index (χ0) is 6.53. The van der Waals surface area contributed by atoms with Gasteiger partial charge in [0.15, 0.2) is 0 Å². The van der Waals surface area contributed by atoms with E-state index in [4.69, 9.17) is 0 Å². The van der Waals surface area contributed by atoms with Gasteiger partial charge in [-0.15, -0.1) is 0 Å². The Morgan fingerprint density at radius 3 is 2.44 bits per heavy atom. The lowest BCUT2D eigenvalue weighted by atomic mass is 10.3. The second-order valence-corrected chi connectivity index (χ2v) is 1.91. The summed E-state index contributed by atoms with van der Waals surface area (Å²) in [6.07, 6.45) is 14.4. The van der Waals surface area contributed by atoms with E-state index >= 15 is 0 Å².